The van der Waals surface area contributed by atoms with Crippen molar-refractivity contribution in [1.82, 2.24) is 15.0 Å². The summed E-state index contributed by atoms with van der Waals surface area (Å²) in [6, 6.07) is 25.3. The molecule has 0 aliphatic rings. The Balaban J connectivity index is 1.86. The second-order valence-corrected chi connectivity index (χ2v) is 6.44. The minimum absolute atomic E-state index is 0.842. The normalized spacial score (nSPS) is 12.0. The van der Waals surface area contributed by atoms with Gasteiger partial charge in [0.25, 0.3) is 0 Å². The summed E-state index contributed by atoms with van der Waals surface area (Å²) in [6.07, 6.45) is 0. The van der Waals surface area contributed by atoms with Gasteiger partial charge >= 0.3 is 0 Å². The molecule has 0 unspecified atom stereocenters. The van der Waals surface area contributed by atoms with Crippen molar-refractivity contribution in [2.45, 2.75) is 0 Å². The molecule has 2 heterocycles. The lowest BCUT2D eigenvalue weighted by Crippen LogP contribution is -1.85. The van der Waals surface area contributed by atoms with Gasteiger partial charge < -0.3 is 4.98 Å². The van der Waals surface area contributed by atoms with E-state index in [9.17, 15) is 0 Å². The molecule has 3 nitrogen and oxygen atoms in total. The third kappa shape index (κ3) is 1.75. The quantitative estimate of drug-likeness (QED) is 0.372. The van der Waals surface area contributed by atoms with Gasteiger partial charge in [0, 0.05) is 10.9 Å². The number of aromatic nitrogens is 3. The fraction of sp³-hybridized carbons (Fsp3) is 0. The third-order valence-electron chi connectivity index (χ3n) is 4.95. The molecule has 25 heavy (non-hydrogen) atoms. The average molecular weight is 319 g/mol. The lowest BCUT2D eigenvalue weighted by molar-refractivity contribution is 1.36. The number of benzene rings is 4. The first kappa shape index (κ1) is 12.9. The lowest BCUT2D eigenvalue weighted by atomic mass is 10.0. The maximum Gasteiger partial charge on any atom is 0.157 e. The second-order valence-electron chi connectivity index (χ2n) is 6.44. The summed E-state index contributed by atoms with van der Waals surface area (Å²) in [4.78, 5) is 13.1. The SMILES string of the molecule is c1ccc2cc3c(ccc4[nH]c5nc6ccccc6nc5c43)cc2c1. The van der Waals surface area contributed by atoms with E-state index in [0.29, 0.717) is 0 Å². The molecule has 0 amide bonds. The maximum absolute atomic E-state index is 4.90. The summed E-state index contributed by atoms with van der Waals surface area (Å²) in [5.41, 5.74) is 4.70. The van der Waals surface area contributed by atoms with Crippen LogP contribution in [-0.4, -0.2) is 15.0 Å². The van der Waals surface area contributed by atoms with Crippen molar-refractivity contribution >= 4 is 54.6 Å². The Hall–Kier alpha value is -3.46. The Morgan fingerprint density at radius 3 is 2.20 bits per heavy atom. The molecule has 6 aromatic rings. The Kier molecular flexibility index (Phi) is 2.35. The highest BCUT2D eigenvalue weighted by atomic mass is 14.9. The summed E-state index contributed by atoms with van der Waals surface area (Å²) in [6.45, 7) is 0. The number of aromatic amines is 1. The minimum Gasteiger partial charge on any atom is -0.338 e. The molecule has 0 bridgehead atoms. The van der Waals surface area contributed by atoms with E-state index in [-0.39, 0.29) is 0 Å². The minimum atomic E-state index is 0.842. The van der Waals surface area contributed by atoms with Crippen LogP contribution in [0.2, 0.25) is 0 Å². The molecule has 0 spiro atoms. The van der Waals surface area contributed by atoms with Crippen LogP contribution in [-0.2, 0) is 0 Å². The summed E-state index contributed by atoms with van der Waals surface area (Å²) in [5, 5.41) is 6.09. The molecule has 0 saturated heterocycles. The fourth-order valence-electron chi connectivity index (χ4n) is 3.76. The van der Waals surface area contributed by atoms with Gasteiger partial charge in [-0.3, -0.25) is 0 Å². The van der Waals surface area contributed by atoms with Crippen molar-refractivity contribution in [2.75, 3.05) is 0 Å². The zero-order valence-electron chi connectivity index (χ0n) is 13.3. The summed E-state index contributed by atoms with van der Waals surface area (Å²) in [7, 11) is 0. The van der Waals surface area contributed by atoms with Crippen LogP contribution in [0.15, 0.2) is 72.8 Å². The molecule has 0 fully saturated rings. The standard InChI is InChI=1S/C22H13N3/c1-2-6-14-12-16-15(11-13(14)5-1)9-10-19-20(16)21-22(25-19)24-18-8-4-3-7-17(18)23-21/h1-12H,(H,24,25). The van der Waals surface area contributed by atoms with E-state index in [0.717, 1.165) is 33.1 Å². The Morgan fingerprint density at radius 1 is 0.640 bits per heavy atom. The van der Waals surface area contributed by atoms with Crippen molar-refractivity contribution in [3.63, 3.8) is 0 Å². The van der Waals surface area contributed by atoms with Gasteiger partial charge in [-0.15, -0.1) is 0 Å². The number of hydrogen-bond donors (Lipinski definition) is 1. The molecule has 1 N–H and O–H groups in total. The van der Waals surface area contributed by atoms with Crippen LogP contribution in [0.3, 0.4) is 0 Å². The molecule has 0 aliphatic carbocycles. The van der Waals surface area contributed by atoms with E-state index in [1.54, 1.807) is 0 Å². The van der Waals surface area contributed by atoms with Gasteiger partial charge in [-0.25, -0.2) is 9.97 Å². The van der Waals surface area contributed by atoms with Crippen LogP contribution in [0.1, 0.15) is 0 Å². The fourth-order valence-corrected chi connectivity index (χ4v) is 3.76. The van der Waals surface area contributed by atoms with Crippen molar-refractivity contribution in [1.29, 1.82) is 0 Å². The number of hydrogen-bond acceptors (Lipinski definition) is 2. The van der Waals surface area contributed by atoms with Gasteiger partial charge in [0.1, 0.15) is 5.52 Å². The van der Waals surface area contributed by atoms with Crippen LogP contribution < -0.4 is 0 Å². The molecule has 0 radical (unpaired) electrons. The zero-order valence-corrected chi connectivity index (χ0v) is 13.3. The highest BCUT2D eigenvalue weighted by molar-refractivity contribution is 6.21. The van der Waals surface area contributed by atoms with Crippen molar-refractivity contribution in [3.05, 3.63) is 72.8 Å². The molecule has 2 aromatic heterocycles. The predicted octanol–water partition coefficient (Wildman–Crippen LogP) is 5.57. The van der Waals surface area contributed by atoms with Gasteiger partial charge in [-0.05, 0) is 51.9 Å². The maximum atomic E-state index is 4.90. The van der Waals surface area contributed by atoms with E-state index in [1.165, 1.54) is 21.5 Å². The smallest absolute Gasteiger partial charge is 0.157 e. The Labute approximate surface area is 142 Å². The highest BCUT2D eigenvalue weighted by Crippen LogP contribution is 2.33. The Bertz CT molecular complexity index is 1430. The number of rotatable bonds is 0. The summed E-state index contributed by atoms with van der Waals surface area (Å²) in [5.74, 6) is 0. The first-order valence-corrected chi connectivity index (χ1v) is 8.36. The molecule has 0 saturated carbocycles. The number of H-pyrrole nitrogens is 1. The van der Waals surface area contributed by atoms with Gasteiger partial charge in [-0.2, -0.15) is 0 Å². The van der Waals surface area contributed by atoms with Crippen LogP contribution in [0.5, 0.6) is 0 Å². The van der Waals surface area contributed by atoms with Gasteiger partial charge in [0.2, 0.25) is 0 Å². The molecule has 0 atom stereocenters. The van der Waals surface area contributed by atoms with E-state index in [4.69, 9.17) is 9.97 Å². The van der Waals surface area contributed by atoms with Gasteiger partial charge in [0.05, 0.1) is 11.0 Å². The number of nitrogens with zero attached hydrogens (tertiary/aromatic N) is 2. The number of fused-ring (bicyclic) bond motifs is 7. The van der Waals surface area contributed by atoms with E-state index in [1.807, 2.05) is 24.3 Å². The first-order chi connectivity index (χ1) is 12.4. The third-order valence-corrected chi connectivity index (χ3v) is 4.95. The molecule has 0 aliphatic heterocycles. The highest BCUT2D eigenvalue weighted by Gasteiger charge is 2.12. The molecule has 3 heteroatoms. The molecule has 6 rings (SSSR count). The molecule has 4 aromatic carbocycles. The monoisotopic (exact) mass is 319 g/mol. The van der Waals surface area contributed by atoms with Crippen LogP contribution in [0.25, 0.3) is 54.6 Å². The van der Waals surface area contributed by atoms with Crippen LogP contribution >= 0.6 is 0 Å². The predicted molar refractivity (Wildman–Crippen MR) is 104 cm³/mol. The molecular formula is C22H13N3. The second kappa shape index (κ2) is 4.54. The summed E-state index contributed by atoms with van der Waals surface area (Å²) >= 11 is 0. The Morgan fingerprint density at radius 2 is 1.36 bits per heavy atom. The van der Waals surface area contributed by atoms with E-state index >= 15 is 0 Å². The zero-order chi connectivity index (χ0) is 16.4. The molecular weight excluding hydrogens is 306 g/mol. The van der Waals surface area contributed by atoms with E-state index < -0.39 is 0 Å². The van der Waals surface area contributed by atoms with Gasteiger partial charge in [0.15, 0.2) is 5.65 Å². The van der Waals surface area contributed by atoms with Crippen molar-refractivity contribution in [3.8, 4) is 0 Å². The first-order valence-electron chi connectivity index (χ1n) is 8.36. The van der Waals surface area contributed by atoms with Gasteiger partial charge in [-0.1, -0.05) is 42.5 Å². The van der Waals surface area contributed by atoms with E-state index in [2.05, 4.69) is 53.5 Å². The molecule has 116 valence electrons. The lowest BCUT2D eigenvalue weighted by Gasteiger charge is -2.04. The topological polar surface area (TPSA) is 41.6 Å². The average Bonchev–Trinajstić information content (AvgIpc) is 3.02. The van der Waals surface area contributed by atoms with Crippen molar-refractivity contribution in [2.24, 2.45) is 0 Å². The largest absolute Gasteiger partial charge is 0.338 e. The number of para-hydroxylation sites is 2. The van der Waals surface area contributed by atoms with Crippen LogP contribution in [0, 0.1) is 0 Å². The summed E-state index contributed by atoms with van der Waals surface area (Å²) < 4.78 is 0. The van der Waals surface area contributed by atoms with Crippen LogP contribution in [0.4, 0.5) is 0 Å². The number of nitrogens with one attached hydrogen (secondary N) is 1. The van der Waals surface area contributed by atoms with Crippen molar-refractivity contribution < 1.29 is 0 Å².